The normalized spacial score (nSPS) is 17.7. The number of nitrogens with one attached hydrogen (secondary N) is 1. The van der Waals surface area contributed by atoms with Crippen molar-refractivity contribution in [3.05, 3.63) is 88.8 Å². The van der Waals surface area contributed by atoms with Crippen LogP contribution in [-0.4, -0.2) is 31.7 Å². The number of methoxy groups -OCH3 is 1. The number of thioether (sulfide) groups is 1. The average molecular weight is 572 g/mol. The van der Waals surface area contributed by atoms with Gasteiger partial charge in [0.15, 0.2) is 5.13 Å². The maximum Gasteiger partial charge on any atom is 0.263 e. The Morgan fingerprint density at radius 3 is 2.49 bits per heavy atom. The highest BCUT2D eigenvalue weighted by atomic mass is 35.5. The Kier molecular flexibility index (Phi) is 7.17. The molecule has 2 heterocycles. The molecule has 7 nitrogen and oxygen atoms in total. The SMILES string of the molecule is COc1cc(S(=O)(=O)Nc2nc(-c3ccc(N4C(=O)C(C)SC4c4ccccc4)cc3)cs2)ccc1Cl. The van der Waals surface area contributed by atoms with Crippen molar-refractivity contribution in [2.24, 2.45) is 0 Å². The smallest absolute Gasteiger partial charge is 0.263 e. The van der Waals surface area contributed by atoms with E-state index in [2.05, 4.69) is 9.71 Å². The molecule has 4 aromatic rings. The van der Waals surface area contributed by atoms with Crippen LogP contribution in [0, 0.1) is 0 Å². The number of anilines is 2. The van der Waals surface area contributed by atoms with E-state index < -0.39 is 10.0 Å². The minimum atomic E-state index is -3.88. The number of carbonyl (C=O) groups excluding carboxylic acids is 1. The zero-order valence-corrected chi connectivity index (χ0v) is 23.0. The first-order valence-electron chi connectivity index (χ1n) is 11.2. The number of rotatable bonds is 7. The van der Waals surface area contributed by atoms with E-state index >= 15 is 0 Å². The molecule has 3 aromatic carbocycles. The minimum absolute atomic E-state index is 0.0187. The van der Waals surface area contributed by atoms with Crippen molar-refractivity contribution in [3.8, 4) is 17.0 Å². The molecule has 1 aliphatic rings. The van der Waals surface area contributed by atoms with Crippen molar-refractivity contribution in [1.82, 2.24) is 4.98 Å². The molecule has 0 aliphatic carbocycles. The highest BCUT2D eigenvalue weighted by Crippen LogP contribution is 2.45. The summed E-state index contributed by atoms with van der Waals surface area (Å²) in [5.41, 5.74) is 3.30. The first-order valence-corrected chi connectivity index (χ1v) is 14.9. The molecule has 1 aliphatic heterocycles. The number of benzene rings is 3. The fraction of sp³-hybridized carbons (Fsp3) is 0.154. The molecule has 2 unspecified atom stereocenters. The van der Waals surface area contributed by atoms with Gasteiger partial charge >= 0.3 is 0 Å². The standard InChI is InChI=1S/C26H22ClN3O4S3/c1-16-24(31)30(25(36-16)18-6-4-3-5-7-18)19-10-8-17(9-11-19)22-15-35-26(28-22)29-37(32,33)20-12-13-21(27)23(14-20)34-2/h3-16,25H,1-2H3,(H,28,29). The van der Waals surface area contributed by atoms with E-state index in [9.17, 15) is 13.2 Å². The summed E-state index contributed by atoms with van der Waals surface area (Å²) in [5.74, 6) is 0.332. The molecule has 0 spiro atoms. The first kappa shape index (κ1) is 25.6. The molecule has 1 saturated heterocycles. The van der Waals surface area contributed by atoms with Crippen LogP contribution in [0.25, 0.3) is 11.3 Å². The van der Waals surface area contributed by atoms with E-state index in [0.717, 1.165) is 16.8 Å². The number of hydrogen-bond donors (Lipinski definition) is 1. The van der Waals surface area contributed by atoms with Gasteiger partial charge in [0.25, 0.3) is 10.0 Å². The summed E-state index contributed by atoms with van der Waals surface area (Å²) < 4.78 is 33.3. The maximum absolute atomic E-state index is 13.0. The van der Waals surface area contributed by atoms with E-state index in [1.165, 1.54) is 36.6 Å². The second-order valence-electron chi connectivity index (χ2n) is 8.24. The maximum atomic E-state index is 13.0. The van der Waals surface area contributed by atoms with Crippen LogP contribution in [0.4, 0.5) is 10.8 Å². The van der Waals surface area contributed by atoms with Crippen LogP contribution >= 0.6 is 34.7 Å². The predicted molar refractivity (Wildman–Crippen MR) is 150 cm³/mol. The zero-order valence-electron chi connectivity index (χ0n) is 19.8. The topological polar surface area (TPSA) is 88.6 Å². The van der Waals surface area contributed by atoms with Gasteiger partial charge in [-0.15, -0.1) is 23.1 Å². The molecule has 37 heavy (non-hydrogen) atoms. The molecule has 190 valence electrons. The van der Waals surface area contributed by atoms with Crippen LogP contribution in [0.3, 0.4) is 0 Å². The Hall–Kier alpha value is -3.05. The average Bonchev–Trinajstić information content (AvgIpc) is 3.48. The Morgan fingerprint density at radius 1 is 1.05 bits per heavy atom. The van der Waals surface area contributed by atoms with Crippen LogP contribution < -0.4 is 14.4 Å². The Labute approximate surface area is 228 Å². The molecule has 1 fully saturated rings. The lowest BCUT2D eigenvalue weighted by Crippen LogP contribution is -2.30. The van der Waals surface area contributed by atoms with Gasteiger partial charge in [-0.2, -0.15) is 0 Å². The van der Waals surface area contributed by atoms with Gasteiger partial charge in [-0.05, 0) is 36.8 Å². The Bertz CT molecular complexity index is 1540. The summed E-state index contributed by atoms with van der Waals surface area (Å²) in [7, 11) is -2.46. The van der Waals surface area contributed by atoms with Crippen molar-refractivity contribution in [2.45, 2.75) is 22.4 Å². The van der Waals surface area contributed by atoms with Gasteiger partial charge in [0.05, 0.1) is 28.0 Å². The quantitative estimate of drug-likeness (QED) is 0.274. The van der Waals surface area contributed by atoms with Gasteiger partial charge in [-0.25, -0.2) is 13.4 Å². The van der Waals surface area contributed by atoms with E-state index in [-0.39, 0.29) is 32.3 Å². The minimum Gasteiger partial charge on any atom is -0.495 e. The van der Waals surface area contributed by atoms with Crippen LogP contribution in [-0.2, 0) is 14.8 Å². The lowest BCUT2D eigenvalue weighted by atomic mass is 10.1. The number of amides is 1. The van der Waals surface area contributed by atoms with Crippen molar-refractivity contribution < 1.29 is 17.9 Å². The summed E-state index contributed by atoms with van der Waals surface area (Å²) in [5, 5.41) is 2.10. The summed E-state index contributed by atoms with van der Waals surface area (Å²) in [6.45, 7) is 1.93. The number of sulfonamides is 1. The van der Waals surface area contributed by atoms with Crippen molar-refractivity contribution in [3.63, 3.8) is 0 Å². The Morgan fingerprint density at radius 2 is 1.78 bits per heavy atom. The highest BCUT2D eigenvalue weighted by molar-refractivity contribution is 8.01. The number of carbonyl (C=O) groups is 1. The number of aromatic nitrogens is 1. The second kappa shape index (κ2) is 10.4. The van der Waals surface area contributed by atoms with Crippen LogP contribution in [0.15, 0.2) is 83.1 Å². The summed E-state index contributed by atoms with van der Waals surface area (Å²) in [6, 6.07) is 21.8. The number of ether oxygens (including phenoxy) is 1. The molecule has 0 bridgehead atoms. The second-order valence-corrected chi connectivity index (χ2v) is 12.6. The lowest BCUT2D eigenvalue weighted by Gasteiger charge is -2.24. The third-order valence-electron chi connectivity index (χ3n) is 5.84. The molecule has 1 aromatic heterocycles. The summed E-state index contributed by atoms with van der Waals surface area (Å²) in [4.78, 5) is 19.3. The van der Waals surface area contributed by atoms with E-state index in [1.54, 1.807) is 17.1 Å². The molecule has 2 atom stereocenters. The largest absolute Gasteiger partial charge is 0.495 e. The number of hydrogen-bond acceptors (Lipinski definition) is 7. The van der Waals surface area contributed by atoms with Crippen LogP contribution in [0.1, 0.15) is 17.9 Å². The van der Waals surface area contributed by atoms with Gasteiger partial charge < -0.3 is 4.74 Å². The van der Waals surface area contributed by atoms with Crippen molar-refractivity contribution >= 4 is 61.4 Å². The van der Waals surface area contributed by atoms with Crippen molar-refractivity contribution in [1.29, 1.82) is 0 Å². The van der Waals surface area contributed by atoms with Gasteiger partial charge in [-0.3, -0.25) is 14.4 Å². The van der Waals surface area contributed by atoms with E-state index in [4.69, 9.17) is 16.3 Å². The summed E-state index contributed by atoms with van der Waals surface area (Å²) >= 11 is 8.82. The molecular formula is C26H22ClN3O4S3. The van der Waals surface area contributed by atoms with E-state index in [1.807, 2.05) is 66.4 Å². The molecule has 11 heteroatoms. The zero-order chi connectivity index (χ0) is 26.2. The number of nitrogens with zero attached hydrogens (tertiary/aromatic N) is 2. The fourth-order valence-corrected chi connectivity index (χ4v) is 7.42. The molecule has 5 rings (SSSR count). The monoisotopic (exact) mass is 571 g/mol. The third kappa shape index (κ3) is 5.19. The van der Waals surface area contributed by atoms with Gasteiger partial charge in [-0.1, -0.05) is 54.1 Å². The number of halogens is 1. The van der Waals surface area contributed by atoms with Crippen LogP contribution in [0.2, 0.25) is 5.02 Å². The highest BCUT2D eigenvalue weighted by Gasteiger charge is 2.39. The predicted octanol–water partition coefficient (Wildman–Crippen LogP) is 6.44. The first-order chi connectivity index (χ1) is 17.8. The molecule has 1 N–H and O–H groups in total. The van der Waals surface area contributed by atoms with E-state index in [0.29, 0.717) is 10.7 Å². The van der Waals surface area contributed by atoms with Gasteiger partial charge in [0.2, 0.25) is 5.91 Å². The van der Waals surface area contributed by atoms with Crippen LogP contribution in [0.5, 0.6) is 5.75 Å². The lowest BCUT2D eigenvalue weighted by molar-refractivity contribution is -0.117. The molecular weight excluding hydrogens is 550 g/mol. The Balaban J connectivity index is 1.35. The van der Waals surface area contributed by atoms with Gasteiger partial charge in [0, 0.05) is 22.7 Å². The number of thiazole rings is 1. The summed E-state index contributed by atoms with van der Waals surface area (Å²) in [6.07, 6.45) is 0. The third-order valence-corrected chi connectivity index (χ3v) is 9.72. The molecule has 0 saturated carbocycles. The fourth-order valence-electron chi connectivity index (χ4n) is 3.96. The molecule has 1 amide bonds. The molecule has 0 radical (unpaired) electrons. The van der Waals surface area contributed by atoms with Crippen molar-refractivity contribution in [2.75, 3.05) is 16.7 Å². The van der Waals surface area contributed by atoms with Gasteiger partial charge in [0.1, 0.15) is 11.1 Å².